The summed E-state index contributed by atoms with van der Waals surface area (Å²) in [4.78, 5) is 4.47. The molecule has 2 aromatic carbocycles. The minimum atomic E-state index is -4.53. The molecule has 0 saturated carbocycles. The zero-order chi connectivity index (χ0) is 24.0. The van der Waals surface area contributed by atoms with E-state index >= 15 is 0 Å². The second-order valence-electron chi connectivity index (χ2n) is 7.99. The van der Waals surface area contributed by atoms with Crippen LogP contribution in [0.4, 0.5) is 13.2 Å². The van der Waals surface area contributed by atoms with E-state index in [2.05, 4.69) is 4.98 Å². The number of nitrogens with zero attached hydrogens (tertiary/aromatic N) is 2. The van der Waals surface area contributed by atoms with Gasteiger partial charge in [0.25, 0.3) is 0 Å². The average Bonchev–Trinajstić information content (AvgIpc) is 3.13. The lowest BCUT2D eigenvalue weighted by molar-refractivity contribution is -0.136. The molecule has 9 heteroatoms. The van der Waals surface area contributed by atoms with E-state index in [1.165, 1.54) is 22.6 Å². The number of rotatable bonds is 5. The van der Waals surface area contributed by atoms with Crippen LogP contribution in [0.3, 0.4) is 0 Å². The molecule has 0 spiro atoms. The Balaban J connectivity index is 1.82. The van der Waals surface area contributed by atoms with Gasteiger partial charge in [0.05, 0.1) is 21.8 Å². The van der Waals surface area contributed by atoms with Crippen LogP contribution >= 0.6 is 0 Å². The molecule has 0 saturated heterocycles. The van der Waals surface area contributed by atoms with Gasteiger partial charge in [-0.25, -0.2) is 13.4 Å². The number of aromatic nitrogens is 2. The first-order valence-corrected chi connectivity index (χ1v) is 12.0. The van der Waals surface area contributed by atoms with Gasteiger partial charge in [0.2, 0.25) is 0 Å². The van der Waals surface area contributed by atoms with Crippen LogP contribution in [-0.4, -0.2) is 24.1 Å². The topological polar surface area (TPSA) is 60.7 Å². The van der Waals surface area contributed by atoms with E-state index in [9.17, 15) is 21.6 Å². The van der Waals surface area contributed by atoms with Crippen molar-refractivity contribution >= 4 is 15.5 Å². The summed E-state index contributed by atoms with van der Waals surface area (Å²) in [5.41, 5.74) is 0.741. The molecule has 2 heterocycles. The third-order valence-corrected chi connectivity index (χ3v) is 6.22. The van der Waals surface area contributed by atoms with Crippen LogP contribution in [0, 0.1) is 0 Å². The fourth-order valence-electron chi connectivity index (χ4n) is 3.61. The van der Waals surface area contributed by atoms with Gasteiger partial charge in [-0.1, -0.05) is 32.0 Å². The van der Waals surface area contributed by atoms with Crippen LogP contribution in [0.15, 0.2) is 71.8 Å². The molecule has 5 nitrogen and oxygen atoms in total. The molecule has 0 atom stereocenters. The molecule has 0 unspecified atom stereocenters. The first-order valence-electron chi connectivity index (χ1n) is 10.1. The number of halogens is 3. The van der Waals surface area contributed by atoms with E-state index in [0.29, 0.717) is 28.5 Å². The molecule has 0 radical (unpaired) electrons. The summed E-state index contributed by atoms with van der Waals surface area (Å²) in [6, 6.07) is 15.4. The Morgan fingerprint density at radius 2 is 1.64 bits per heavy atom. The Hall–Kier alpha value is -3.33. The molecule has 0 amide bonds. The Kier molecular flexibility index (Phi) is 5.69. The van der Waals surface area contributed by atoms with Crippen LogP contribution in [0.1, 0.15) is 31.0 Å². The first kappa shape index (κ1) is 22.8. The van der Waals surface area contributed by atoms with Gasteiger partial charge in [-0.05, 0) is 48.4 Å². The van der Waals surface area contributed by atoms with Gasteiger partial charge in [-0.2, -0.15) is 13.2 Å². The van der Waals surface area contributed by atoms with Crippen LogP contribution in [0.25, 0.3) is 16.9 Å². The highest BCUT2D eigenvalue weighted by Gasteiger charge is 2.35. The lowest BCUT2D eigenvalue weighted by Gasteiger charge is -2.12. The minimum absolute atomic E-state index is 0.125. The molecule has 0 fully saturated rings. The van der Waals surface area contributed by atoms with Crippen molar-refractivity contribution in [1.82, 2.24) is 9.38 Å². The molecule has 0 aliphatic rings. The Morgan fingerprint density at radius 1 is 0.970 bits per heavy atom. The Labute approximate surface area is 189 Å². The monoisotopic (exact) mass is 474 g/mol. The highest BCUT2D eigenvalue weighted by molar-refractivity contribution is 7.90. The number of imidazole rings is 1. The van der Waals surface area contributed by atoms with Crippen molar-refractivity contribution in [2.24, 2.45) is 0 Å². The van der Waals surface area contributed by atoms with Crippen molar-refractivity contribution in [2.45, 2.75) is 30.8 Å². The summed E-state index contributed by atoms with van der Waals surface area (Å²) >= 11 is 0. The number of pyridine rings is 1. The number of hydrogen-bond donors (Lipinski definition) is 0. The Morgan fingerprint density at radius 3 is 2.27 bits per heavy atom. The second kappa shape index (κ2) is 8.22. The lowest BCUT2D eigenvalue weighted by Crippen LogP contribution is -2.07. The zero-order valence-corrected chi connectivity index (χ0v) is 18.9. The summed E-state index contributed by atoms with van der Waals surface area (Å²) in [6.45, 7) is 3.74. The van der Waals surface area contributed by atoms with Gasteiger partial charge >= 0.3 is 6.18 Å². The molecule has 0 bridgehead atoms. The summed E-state index contributed by atoms with van der Waals surface area (Å²) in [7, 11) is -3.40. The van der Waals surface area contributed by atoms with Crippen LogP contribution in [0.2, 0.25) is 0 Å². The highest BCUT2D eigenvalue weighted by atomic mass is 32.2. The molecule has 0 aliphatic carbocycles. The van der Waals surface area contributed by atoms with Crippen molar-refractivity contribution in [3.8, 4) is 22.8 Å². The van der Waals surface area contributed by atoms with E-state index < -0.39 is 21.6 Å². The van der Waals surface area contributed by atoms with E-state index in [4.69, 9.17) is 4.74 Å². The van der Waals surface area contributed by atoms with Crippen molar-refractivity contribution in [3.63, 3.8) is 0 Å². The quantitative estimate of drug-likeness (QED) is 0.339. The van der Waals surface area contributed by atoms with Crippen LogP contribution < -0.4 is 4.74 Å². The van der Waals surface area contributed by atoms with Gasteiger partial charge in [0, 0.05) is 18.0 Å². The summed E-state index contributed by atoms with van der Waals surface area (Å²) in [5.74, 6) is 0.614. The average molecular weight is 475 g/mol. The van der Waals surface area contributed by atoms with E-state index in [1.807, 2.05) is 13.8 Å². The first-order chi connectivity index (χ1) is 15.4. The number of alkyl halides is 3. The predicted octanol–water partition coefficient (Wildman–Crippen LogP) is 6.34. The molecule has 33 heavy (non-hydrogen) atoms. The number of hydrogen-bond acceptors (Lipinski definition) is 4. The second-order valence-corrected chi connectivity index (χ2v) is 10.0. The van der Waals surface area contributed by atoms with Gasteiger partial charge in [-0.15, -0.1) is 0 Å². The van der Waals surface area contributed by atoms with Gasteiger partial charge in [0.1, 0.15) is 17.1 Å². The maximum Gasteiger partial charge on any atom is 0.419 e. The normalized spacial score (nSPS) is 12.5. The van der Waals surface area contributed by atoms with E-state index in [0.717, 1.165) is 12.3 Å². The summed E-state index contributed by atoms with van der Waals surface area (Å²) < 4.78 is 71.7. The SMILES string of the molecule is CC(C)c1nc2c(C(F)(F)F)cccn2c1-c1cccc(Oc2cccc(S(C)(=O)=O)c2)c1. The maximum absolute atomic E-state index is 13.6. The number of fused-ring (bicyclic) bond motifs is 1. The van der Waals surface area contributed by atoms with Gasteiger partial charge in [0.15, 0.2) is 9.84 Å². The zero-order valence-electron chi connectivity index (χ0n) is 18.1. The lowest BCUT2D eigenvalue weighted by atomic mass is 10.0. The highest BCUT2D eigenvalue weighted by Crippen LogP contribution is 2.38. The van der Waals surface area contributed by atoms with Crippen molar-refractivity contribution < 1.29 is 26.3 Å². The third-order valence-electron chi connectivity index (χ3n) is 5.11. The fourth-order valence-corrected chi connectivity index (χ4v) is 4.26. The van der Waals surface area contributed by atoms with E-state index in [1.54, 1.807) is 42.6 Å². The third kappa shape index (κ3) is 4.59. The molecule has 0 aliphatic heterocycles. The predicted molar refractivity (Wildman–Crippen MR) is 119 cm³/mol. The van der Waals surface area contributed by atoms with Gasteiger partial charge < -0.3 is 4.74 Å². The summed E-state index contributed by atoms with van der Waals surface area (Å²) in [6.07, 6.45) is -1.86. The number of benzene rings is 2. The Bertz CT molecular complexity index is 1440. The largest absolute Gasteiger partial charge is 0.457 e. The molecular formula is C24H21F3N2O3S. The van der Waals surface area contributed by atoms with Crippen LogP contribution in [-0.2, 0) is 16.0 Å². The number of sulfone groups is 1. The minimum Gasteiger partial charge on any atom is -0.457 e. The van der Waals surface area contributed by atoms with Crippen LogP contribution in [0.5, 0.6) is 11.5 Å². The molecule has 172 valence electrons. The molecule has 4 aromatic rings. The van der Waals surface area contributed by atoms with Crippen molar-refractivity contribution in [1.29, 1.82) is 0 Å². The molecule has 0 N–H and O–H groups in total. The standard InChI is InChI=1S/C24H21F3N2O3S/c1-15(2)21-22(29-12-6-11-20(23(29)28-21)24(25,26)27)16-7-4-8-17(13-16)32-18-9-5-10-19(14-18)33(3,30)31/h4-15H,1-3H3. The smallest absolute Gasteiger partial charge is 0.419 e. The van der Waals surface area contributed by atoms with Crippen molar-refractivity contribution in [2.75, 3.05) is 6.26 Å². The number of ether oxygens (including phenoxy) is 1. The van der Waals surface area contributed by atoms with E-state index in [-0.39, 0.29) is 16.5 Å². The van der Waals surface area contributed by atoms with Gasteiger partial charge in [-0.3, -0.25) is 4.40 Å². The maximum atomic E-state index is 13.6. The fraction of sp³-hybridized carbons (Fsp3) is 0.208. The summed E-state index contributed by atoms with van der Waals surface area (Å²) in [5, 5.41) is 0. The molecule has 2 aromatic heterocycles. The van der Waals surface area contributed by atoms with Crippen molar-refractivity contribution in [3.05, 3.63) is 78.1 Å². The molecule has 4 rings (SSSR count). The molecular weight excluding hydrogens is 453 g/mol.